The Labute approximate surface area is 152 Å². The number of ketones is 2. The molecular weight excluding hydrogens is 390 g/mol. The van der Waals surface area contributed by atoms with E-state index in [0.29, 0.717) is 13.0 Å². The van der Waals surface area contributed by atoms with Gasteiger partial charge in [-0.1, -0.05) is 34.1 Å². The molecule has 3 rings (SSSR count). The third-order valence-corrected chi connectivity index (χ3v) is 5.70. The lowest BCUT2D eigenvalue weighted by molar-refractivity contribution is -0.142. The number of likely N-dealkylation sites (tertiary alicyclic amines) is 1. The molecule has 2 aromatic rings. The first-order valence-electron chi connectivity index (χ1n) is 7.62. The molecule has 1 amide bonds. The van der Waals surface area contributed by atoms with Gasteiger partial charge in [0.2, 0.25) is 5.78 Å². The average Bonchev–Trinajstić information content (AvgIpc) is 3.14. The summed E-state index contributed by atoms with van der Waals surface area (Å²) in [7, 11) is 0. The second-order valence-electron chi connectivity index (χ2n) is 5.78. The Balaban J connectivity index is 1.93. The fraction of sp³-hybridized carbons (Fsp3) is 0.278. The SMILES string of the molecule is CC(=O)C1C(=O)C(=O)N(CCc2cccs2)C1c1ccc(Br)cc1. The second-order valence-corrected chi connectivity index (χ2v) is 7.72. The van der Waals surface area contributed by atoms with Gasteiger partial charge in [-0.15, -0.1) is 11.3 Å². The van der Waals surface area contributed by atoms with E-state index in [-0.39, 0.29) is 5.78 Å². The lowest BCUT2D eigenvalue weighted by Crippen LogP contribution is -2.32. The molecule has 0 radical (unpaired) electrons. The van der Waals surface area contributed by atoms with E-state index in [1.54, 1.807) is 16.2 Å². The molecule has 1 saturated heterocycles. The smallest absolute Gasteiger partial charge is 0.291 e. The molecule has 1 aliphatic rings. The number of Topliss-reactive ketones (excluding diaryl/α,β-unsaturated/α-hetero) is 2. The zero-order valence-corrected chi connectivity index (χ0v) is 15.5. The highest BCUT2D eigenvalue weighted by atomic mass is 79.9. The Hall–Kier alpha value is -1.79. The van der Waals surface area contributed by atoms with Gasteiger partial charge in [0.25, 0.3) is 5.91 Å². The van der Waals surface area contributed by atoms with Gasteiger partial charge in [-0.25, -0.2) is 0 Å². The molecule has 6 heteroatoms. The van der Waals surface area contributed by atoms with Gasteiger partial charge in [0, 0.05) is 15.9 Å². The summed E-state index contributed by atoms with van der Waals surface area (Å²) in [6.45, 7) is 1.81. The highest BCUT2D eigenvalue weighted by Gasteiger charge is 2.49. The van der Waals surface area contributed by atoms with Gasteiger partial charge >= 0.3 is 0 Å². The predicted molar refractivity (Wildman–Crippen MR) is 95.8 cm³/mol. The number of hydrogen-bond donors (Lipinski definition) is 0. The van der Waals surface area contributed by atoms with Crippen molar-refractivity contribution in [3.05, 3.63) is 56.7 Å². The van der Waals surface area contributed by atoms with E-state index in [9.17, 15) is 14.4 Å². The molecule has 24 heavy (non-hydrogen) atoms. The van der Waals surface area contributed by atoms with Crippen LogP contribution in [0.1, 0.15) is 23.4 Å². The van der Waals surface area contributed by atoms with Crippen LogP contribution in [0.25, 0.3) is 0 Å². The summed E-state index contributed by atoms with van der Waals surface area (Å²) in [4.78, 5) is 39.5. The van der Waals surface area contributed by atoms with Gasteiger partial charge in [0.15, 0.2) is 0 Å². The largest absolute Gasteiger partial charge is 0.327 e. The van der Waals surface area contributed by atoms with Gasteiger partial charge in [-0.05, 0) is 42.5 Å². The average molecular weight is 406 g/mol. The van der Waals surface area contributed by atoms with Crippen LogP contribution < -0.4 is 0 Å². The van der Waals surface area contributed by atoms with E-state index in [2.05, 4.69) is 15.9 Å². The molecule has 0 saturated carbocycles. The Morgan fingerprint density at radius 3 is 2.50 bits per heavy atom. The number of carbonyl (C=O) groups excluding carboxylic acids is 3. The normalized spacial score (nSPS) is 20.7. The van der Waals surface area contributed by atoms with Gasteiger partial charge < -0.3 is 4.90 Å². The molecule has 2 heterocycles. The quantitative estimate of drug-likeness (QED) is 0.565. The van der Waals surface area contributed by atoms with Crippen molar-refractivity contribution >= 4 is 44.7 Å². The first-order valence-corrected chi connectivity index (χ1v) is 9.29. The molecule has 124 valence electrons. The molecule has 4 nitrogen and oxygen atoms in total. The zero-order valence-electron chi connectivity index (χ0n) is 13.1. The van der Waals surface area contributed by atoms with E-state index in [4.69, 9.17) is 0 Å². The number of carbonyl (C=O) groups is 3. The maximum Gasteiger partial charge on any atom is 0.291 e. The molecule has 1 aromatic carbocycles. The maximum atomic E-state index is 12.4. The molecule has 1 aromatic heterocycles. The lowest BCUT2D eigenvalue weighted by atomic mass is 9.90. The zero-order chi connectivity index (χ0) is 17.3. The van der Waals surface area contributed by atoms with Crippen LogP contribution in [-0.2, 0) is 20.8 Å². The molecule has 2 unspecified atom stereocenters. The number of nitrogens with zero attached hydrogens (tertiary/aromatic N) is 1. The summed E-state index contributed by atoms with van der Waals surface area (Å²) in [5, 5.41) is 1.98. The molecule has 0 spiro atoms. The summed E-state index contributed by atoms with van der Waals surface area (Å²) in [5.41, 5.74) is 0.809. The van der Waals surface area contributed by atoms with Crippen molar-refractivity contribution in [2.24, 2.45) is 5.92 Å². The Morgan fingerprint density at radius 2 is 1.92 bits per heavy atom. The molecule has 0 bridgehead atoms. The first kappa shape index (κ1) is 17.0. The number of halogens is 1. The van der Waals surface area contributed by atoms with Crippen molar-refractivity contribution in [3.63, 3.8) is 0 Å². The van der Waals surface area contributed by atoms with Gasteiger partial charge in [0.05, 0.1) is 6.04 Å². The van der Waals surface area contributed by atoms with Gasteiger partial charge in [0.1, 0.15) is 11.7 Å². The summed E-state index contributed by atoms with van der Waals surface area (Å²) in [6.07, 6.45) is 0.675. The number of benzene rings is 1. The fourth-order valence-electron chi connectivity index (χ4n) is 3.09. The number of rotatable bonds is 5. The van der Waals surface area contributed by atoms with Crippen LogP contribution in [0.5, 0.6) is 0 Å². The van der Waals surface area contributed by atoms with Gasteiger partial charge in [-0.3, -0.25) is 14.4 Å². The van der Waals surface area contributed by atoms with Crippen molar-refractivity contribution in [1.82, 2.24) is 4.90 Å². The number of thiophene rings is 1. The number of hydrogen-bond acceptors (Lipinski definition) is 4. The summed E-state index contributed by atoms with van der Waals surface area (Å²) >= 11 is 5.00. The van der Waals surface area contributed by atoms with Crippen LogP contribution >= 0.6 is 27.3 Å². The van der Waals surface area contributed by atoms with Crippen molar-refractivity contribution in [2.45, 2.75) is 19.4 Å². The van der Waals surface area contributed by atoms with Crippen LogP contribution in [0.4, 0.5) is 0 Å². The Bertz CT molecular complexity index is 770. The minimum atomic E-state index is -0.915. The van der Waals surface area contributed by atoms with Crippen LogP contribution in [0, 0.1) is 5.92 Å². The summed E-state index contributed by atoms with van der Waals surface area (Å²) in [5.74, 6) is -2.33. The predicted octanol–water partition coefficient (Wildman–Crippen LogP) is 3.41. The van der Waals surface area contributed by atoms with Crippen LogP contribution in [0.2, 0.25) is 0 Å². The van der Waals surface area contributed by atoms with E-state index < -0.39 is 23.7 Å². The molecular formula is C18H16BrNO3S. The van der Waals surface area contributed by atoms with Crippen molar-refractivity contribution < 1.29 is 14.4 Å². The van der Waals surface area contributed by atoms with Crippen molar-refractivity contribution in [1.29, 1.82) is 0 Å². The highest BCUT2D eigenvalue weighted by Crippen LogP contribution is 2.37. The van der Waals surface area contributed by atoms with E-state index in [1.165, 1.54) is 6.92 Å². The fourth-order valence-corrected chi connectivity index (χ4v) is 4.05. The molecule has 2 atom stereocenters. The minimum absolute atomic E-state index is 0.264. The van der Waals surface area contributed by atoms with Crippen LogP contribution in [0.3, 0.4) is 0 Å². The number of amides is 1. The highest BCUT2D eigenvalue weighted by molar-refractivity contribution is 9.10. The monoisotopic (exact) mass is 405 g/mol. The molecule has 1 aliphatic heterocycles. The van der Waals surface area contributed by atoms with Gasteiger partial charge in [-0.2, -0.15) is 0 Å². The summed E-state index contributed by atoms with van der Waals surface area (Å²) in [6, 6.07) is 10.9. The molecule has 1 fully saturated rings. The van der Waals surface area contributed by atoms with E-state index in [0.717, 1.165) is 14.9 Å². The standard InChI is InChI=1S/C18H16BrNO3S/c1-11(21)15-16(12-4-6-13(19)7-5-12)20(18(23)17(15)22)9-8-14-3-2-10-24-14/h2-7,10,15-16H,8-9H2,1H3. The van der Waals surface area contributed by atoms with Crippen LogP contribution in [-0.4, -0.2) is 28.9 Å². The lowest BCUT2D eigenvalue weighted by Gasteiger charge is -2.26. The van der Waals surface area contributed by atoms with E-state index >= 15 is 0 Å². The third kappa shape index (κ3) is 3.21. The van der Waals surface area contributed by atoms with Crippen molar-refractivity contribution in [3.8, 4) is 0 Å². The Kier molecular flexibility index (Phi) is 4.96. The molecule has 0 aliphatic carbocycles. The maximum absolute atomic E-state index is 12.4. The van der Waals surface area contributed by atoms with E-state index in [1.807, 2.05) is 41.8 Å². The minimum Gasteiger partial charge on any atom is -0.327 e. The Morgan fingerprint density at radius 1 is 1.21 bits per heavy atom. The van der Waals surface area contributed by atoms with Crippen molar-refractivity contribution in [2.75, 3.05) is 6.54 Å². The molecule has 0 N–H and O–H groups in total. The first-order chi connectivity index (χ1) is 11.5. The van der Waals surface area contributed by atoms with Crippen LogP contribution in [0.15, 0.2) is 46.3 Å². The third-order valence-electron chi connectivity index (χ3n) is 4.23. The topological polar surface area (TPSA) is 54.5 Å². The second kappa shape index (κ2) is 6.99. The summed E-state index contributed by atoms with van der Waals surface area (Å²) < 4.78 is 0.909.